The standard InChI is InChI=1S/C26H28O3/c1-5-25(2,3)29-24-17-13-22(14-18-24)26(4,20-9-7-6-8-10-20)21-11-15-23(16-12-21)28-19-27/h6-19H,5H2,1-4H3. The Morgan fingerprint density at radius 2 is 1.21 bits per heavy atom. The van der Waals surface area contributed by atoms with E-state index in [1.165, 1.54) is 5.56 Å². The van der Waals surface area contributed by atoms with Gasteiger partial charge in [-0.25, -0.2) is 0 Å². The average Bonchev–Trinajstić information content (AvgIpc) is 2.75. The lowest BCUT2D eigenvalue weighted by atomic mass is 9.71. The van der Waals surface area contributed by atoms with E-state index in [2.05, 4.69) is 64.1 Å². The first kappa shape index (κ1) is 20.7. The van der Waals surface area contributed by atoms with E-state index in [0.29, 0.717) is 12.2 Å². The van der Waals surface area contributed by atoms with Crippen LogP contribution in [0.25, 0.3) is 0 Å². The second kappa shape index (κ2) is 8.52. The molecule has 0 spiro atoms. The number of rotatable bonds is 8. The minimum atomic E-state index is -0.361. The molecule has 3 aromatic rings. The van der Waals surface area contributed by atoms with Crippen molar-refractivity contribution < 1.29 is 14.3 Å². The van der Waals surface area contributed by atoms with Crippen LogP contribution in [0.2, 0.25) is 0 Å². The van der Waals surface area contributed by atoms with E-state index in [-0.39, 0.29) is 11.0 Å². The molecule has 0 N–H and O–H groups in total. The minimum Gasteiger partial charge on any atom is -0.488 e. The van der Waals surface area contributed by atoms with Gasteiger partial charge in [0.1, 0.15) is 17.1 Å². The van der Waals surface area contributed by atoms with E-state index in [1.807, 2.05) is 42.5 Å². The maximum atomic E-state index is 10.6. The summed E-state index contributed by atoms with van der Waals surface area (Å²) in [6.07, 6.45) is 0.936. The fourth-order valence-corrected chi connectivity index (χ4v) is 3.44. The summed E-state index contributed by atoms with van der Waals surface area (Å²) < 4.78 is 11.1. The van der Waals surface area contributed by atoms with Gasteiger partial charge in [-0.05, 0) is 68.1 Å². The Labute approximate surface area is 173 Å². The third-order valence-electron chi connectivity index (χ3n) is 5.64. The van der Waals surface area contributed by atoms with Crippen LogP contribution in [-0.2, 0) is 10.2 Å². The molecule has 0 saturated heterocycles. The Bertz CT molecular complexity index is 928. The topological polar surface area (TPSA) is 35.5 Å². The minimum absolute atomic E-state index is 0.196. The number of benzene rings is 3. The quantitative estimate of drug-likeness (QED) is 0.343. The van der Waals surface area contributed by atoms with Gasteiger partial charge in [0.25, 0.3) is 6.47 Å². The zero-order valence-electron chi connectivity index (χ0n) is 17.5. The smallest absolute Gasteiger partial charge is 0.298 e. The molecule has 150 valence electrons. The van der Waals surface area contributed by atoms with E-state index in [9.17, 15) is 4.79 Å². The summed E-state index contributed by atoms with van der Waals surface area (Å²) in [6, 6.07) is 26.4. The maximum absolute atomic E-state index is 10.6. The van der Waals surface area contributed by atoms with Gasteiger partial charge in [0, 0.05) is 5.41 Å². The summed E-state index contributed by atoms with van der Waals surface area (Å²) in [7, 11) is 0. The molecule has 0 aliphatic heterocycles. The van der Waals surface area contributed by atoms with Gasteiger partial charge in [-0.2, -0.15) is 0 Å². The molecule has 0 fully saturated rings. The van der Waals surface area contributed by atoms with E-state index in [1.54, 1.807) is 0 Å². The van der Waals surface area contributed by atoms with Gasteiger partial charge in [0.15, 0.2) is 0 Å². The predicted molar refractivity (Wildman–Crippen MR) is 117 cm³/mol. The Morgan fingerprint density at radius 1 is 0.724 bits per heavy atom. The second-order valence-electron chi connectivity index (χ2n) is 7.97. The van der Waals surface area contributed by atoms with E-state index in [4.69, 9.17) is 9.47 Å². The SMILES string of the molecule is CCC(C)(C)Oc1ccc(C(C)(c2ccccc2)c2ccc(OC=O)cc2)cc1. The van der Waals surface area contributed by atoms with Crippen LogP contribution in [0.3, 0.4) is 0 Å². The molecule has 3 aromatic carbocycles. The molecule has 29 heavy (non-hydrogen) atoms. The Morgan fingerprint density at radius 3 is 1.69 bits per heavy atom. The van der Waals surface area contributed by atoms with Crippen molar-refractivity contribution in [2.24, 2.45) is 0 Å². The Balaban J connectivity index is 2.03. The average molecular weight is 389 g/mol. The summed E-state index contributed by atoms with van der Waals surface area (Å²) in [5, 5.41) is 0. The summed E-state index contributed by atoms with van der Waals surface area (Å²) in [4.78, 5) is 10.6. The van der Waals surface area contributed by atoms with Crippen LogP contribution in [0.4, 0.5) is 0 Å². The molecule has 0 heterocycles. The van der Waals surface area contributed by atoms with Gasteiger partial charge in [0.05, 0.1) is 0 Å². The lowest BCUT2D eigenvalue weighted by Crippen LogP contribution is -2.27. The van der Waals surface area contributed by atoms with Crippen LogP contribution >= 0.6 is 0 Å². The number of ether oxygens (including phenoxy) is 2. The van der Waals surface area contributed by atoms with Crippen molar-refractivity contribution >= 4 is 6.47 Å². The molecule has 1 atom stereocenters. The van der Waals surface area contributed by atoms with Gasteiger partial charge in [-0.3, -0.25) is 4.79 Å². The van der Waals surface area contributed by atoms with Crippen LogP contribution in [0.5, 0.6) is 11.5 Å². The van der Waals surface area contributed by atoms with Crippen molar-refractivity contribution in [2.45, 2.75) is 45.1 Å². The molecule has 1 unspecified atom stereocenters. The van der Waals surface area contributed by atoms with E-state index >= 15 is 0 Å². The van der Waals surface area contributed by atoms with Gasteiger partial charge in [-0.15, -0.1) is 0 Å². The largest absolute Gasteiger partial charge is 0.488 e. The van der Waals surface area contributed by atoms with Crippen molar-refractivity contribution in [2.75, 3.05) is 0 Å². The van der Waals surface area contributed by atoms with Crippen molar-refractivity contribution in [3.05, 3.63) is 95.6 Å². The molecule has 0 aliphatic rings. The first-order valence-corrected chi connectivity index (χ1v) is 9.95. The molecule has 0 aromatic heterocycles. The normalized spacial score (nSPS) is 13.4. The van der Waals surface area contributed by atoms with E-state index in [0.717, 1.165) is 23.3 Å². The molecule has 3 heteroatoms. The third-order valence-corrected chi connectivity index (χ3v) is 5.64. The number of carbonyl (C=O) groups is 1. The molecular formula is C26H28O3. The van der Waals surface area contributed by atoms with Crippen LogP contribution in [0, 0.1) is 0 Å². The lowest BCUT2D eigenvalue weighted by molar-refractivity contribution is -0.120. The number of hydrogen-bond acceptors (Lipinski definition) is 3. The highest BCUT2D eigenvalue weighted by molar-refractivity contribution is 5.52. The molecule has 0 saturated carbocycles. The summed E-state index contributed by atoms with van der Waals surface area (Å²) >= 11 is 0. The number of carbonyl (C=O) groups excluding carboxylic acids is 1. The highest BCUT2D eigenvalue weighted by Gasteiger charge is 2.31. The van der Waals surface area contributed by atoms with Crippen LogP contribution in [0.1, 0.15) is 50.8 Å². The molecular weight excluding hydrogens is 360 g/mol. The number of hydrogen-bond donors (Lipinski definition) is 0. The van der Waals surface area contributed by atoms with Crippen LogP contribution in [0.15, 0.2) is 78.9 Å². The molecule has 3 nitrogen and oxygen atoms in total. The summed E-state index contributed by atoms with van der Waals surface area (Å²) in [5.74, 6) is 1.40. The molecule has 3 rings (SSSR count). The predicted octanol–water partition coefficient (Wildman–Crippen LogP) is 6.14. The third kappa shape index (κ3) is 4.51. The second-order valence-corrected chi connectivity index (χ2v) is 7.97. The van der Waals surface area contributed by atoms with Crippen LogP contribution < -0.4 is 9.47 Å². The van der Waals surface area contributed by atoms with Crippen molar-refractivity contribution in [3.63, 3.8) is 0 Å². The first-order chi connectivity index (χ1) is 13.9. The van der Waals surface area contributed by atoms with Gasteiger partial charge in [0.2, 0.25) is 0 Å². The Hall–Kier alpha value is -3.07. The van der Waals surface area contributed by atoms with Crippen LogP contribution in [-0.4, -0.2) is 12.1 Å². The van der Waals surface area contributed by atoms with Gasteiger partial charge >= 0.3 is 0 Å². The fraction of sp³-hybridized carbons (Fsp3) is 0.269. The van der Waals surface area contributed by atoms with Crippen molar-refractivity contribution in [1.82, 2.24) is 0 Å². The van der Waals surface area contributed by atoms with Gasteiger partial charge in [-0.1, -0.05) is 61.5 Å². The van der Waals surface area contributed by atoms with Crippen molar-refractivity contribution in [3.8, 4) is 11.5 Å². The summed E-state index contributed by atoms with van der Waals surface area (Å²) in [6.45, 7) is 8.97. The van der Waals surface area contributed by atoms with Gasteiger partial charge < -0.3 is 9.47 Å². The highest BCUT2D eigenvalue weighted by Crippen LogP contribution is 2.40. The molecule has 0 amide bonds. The zero-order chi connectivity index (χ0) is 20.9. The van der Waals surface area contributed by atoms with Crippen molar-refractivity contribution in [1.29, 1.82) is 0 Å². The molecule has 0 bridgehead atoms. The highest BCUT2D eigenvalue weighted by atomic mass is 16.5. The molecule has 0 aliphatic carbocycles. The first-order valence-electron chi connectivity index (χ1n) is 9.95. The lowest BCUT2D eigenvalue weighted by Gasteiger charge is -2.32. The fourth-order valence-electron chi connectivity index (χ4n) is 3.44. The molecule has 0 radical (unpaired) electrons. The zero-order valence-corrected chi connectivity index (χ0v) is 17.5. The maximum Gasteiger partial charge on any atom is 0.298 e. The monoisotopic (exact) mass is 388 g/mol. The summed E-state index contributed by atoms with van der Waals surface area (Å²) in [5.41, 5.74) is 2.91. The Kier molecular flexibility index (Phi) is 6.07. The van der Waals surface area contributed by atoms with E-state index < -0.39 is 0 Å².